The second-order valence-electron chi connectivity index (χ2n) is 7.34. The molecule has 0 radical (unpaired) electrons. The molecule has 1 N–H and O–H groups in total. The van der Waals surface area contributed by atoms with Crippen LogP contribution in [0.15, 0.2) is 59.2 Å². The van der Waals surface area contributed by atoms with Crippen LogP contribution in [0.3, 0.4) is 0 Å². The first-order valence-corrected chi connectivity index (χ1v) is 10.1. The Morgan fingerprint density at radius 3 is 2.52 bits per heavy atom. The quantitative estimate of drug-likeness (QED) is 0.355. The zero-order valence-electron chi connectivity index (χ0n) is 17.9. The fourth-order valence-electron chi connectivity index (χ4n) is 3.16. The summed E-state index contributed by atoms with van der Waals surface area (Å²) in [5, 5.41) is 2.63. The minimum absolute atomic E-state index is 0.0851. The van der Waals surface area contributed by atoms with Crippen LogP contribution in [-0.2, 0) is 30.5 Å². The van der Waals surface area contributed by atoms with Gasteiger partial charge in [0.2, 0.25) is 5.89 Å². The molecule has 0 fully saturated rings. The van der Waals surface area contributed by atoms with Crippen molar-refractivity contribution in [3.8, 4) is 0 Å². The molecule has 0 aliphatic heterocycles. The lowest BCUT2D eigenvalue weighted by Crippen LogP contribution is -2.27. The molecule has 0 unspecified atom stereocenters. The van der Waals surface area contributed by atoms with Gasteiger partial charge in [0.05, 0.1) is 18.7 Å². The predicted molar refractivity (Wildman–Crippen MR) is 112 cm³/mol. The van der Waals surface area contributed by atoms with E-state index in [-0.39, 0.29) is 30.5 Å². The highest BCUT2D eigenvalue weighted by atomic mass is 19.4. The molecule has 0 aliphatic rings. The number of carbonyl (C=O) groups is 1. The van der Waals surface area contributed by atoms with Gasteiger partial charge in [-0.3, -0.25) is 9.69 Å². The molecule has 3 aromatic rings. The van der Waals surface area contributed by atoms with Gasteiger partial charge < -0.3 is 14.5 Å². The SMILES string of the molecule is COCCNC(=O)c1coc(CN(Cc2ccc(F)cc2)Cc2cccc(C(F)(F)F)c2)n1. The molecule has 6 nitrogen and oxygen atoms in total. The molecule has 1 amide bonds. The van der Waals surface area contributed by atoms with Crippen molar-refractivity contribution < 1.29 is 31.5 Å². The third-order valence-electron chi connectivity index (χ3n) is 4.71. The Hall–Kier alpha value is -3.24. The van der Waals surface area contributed by atoms with Crippen LogP contribution in [0.5, 0.6) is 0 Å². The van der Waals surface area contributed by atoms with Gasteiger partial charge in [-0.1, -0.05) is 30.3 Å². The van der Waals surface area contributed by atoms with E-state index in [9.17, 15) is 22.4 Å². The van der Waals surface area contributed by atoms with Gasteiger partial charge in [-0.25, -0.2) is 9.37 Å². The van der Waals surface area contributed by atoms with E-state index >= 15 is 0 Å². The van der Waals surface area contributed by atoms with Crippen LogP contribution in [0.2, 0.25) is 0 Å². The van der Waals surface area contributed by atoms with E-state index in [4.69, 9.17) is 9.15 Å². The number of aromatic nitrogens is 1. The Morgan fingerprint density at radius 1 is 1.09 bits per heavy atom. The van der Waals surface area contributed by atoms with E-state index in [1.165, 1.54) is 31.6 Å². The van der Waals surface area contributed by atoms with Crippen LogP contribution in [-0.4, -0.2) is 36.1 Å². The van der Waals surface area contributed by atoms with Gasteiger partial charge in [0.1, 0.15) is 12.1 Å². The van der Waals surface area contributed by atoms with E-state index in [1.54, 1.807) is 23.1 Å². The first-order valence-electron chi connectivity index (χ1n) is 10.1. The summed E-state index contributed by atoms with van der Waals surface area (Å²) in [5.41, 5.74) is 0.540. The second-order valence-corrected chi connectivity index (χ2v) is 7.34. The molecule has 176 valence electrons. The normalized spacial score (nSPS) is 11.7. The third-order valence-corrected chi connectivity index (χ3v) is 4.71. The Balaban J connectivity index is 1.76. The number of ether oxygens (including phenoxy) is 1. The summed E-state index contributed by atoms with van der Waals surface area (Å²) in [7, 11) is 1.51. The summed E-state index contributed by atoms with van der Waals surface area (Å²) in [4.78, 5) is 18.1. The smallest absolute Gasteiger partial charge is 0.416 e. The zero-order valence-corrected chi connectivity index (χ0v) is 17.9. The van der Waals surface area contributed by atoms with Crippen molar-refractivity contribution in [1.82, 2.24) is 15.2 Å². The minimum Gasteiger partial charge on any atom is -0.447 e. The number of nitrogens with one attached hydrogen (secondary N) is 1. The molecule has 33 heavy (non-hydrogen) atoms. The average molecular weight is 465 g/mol. The summed E-state index contributed by atoms with van der Waals surface area (Å²) < 4.78 is 62.9. The lowest BCUT2D eigenvalue weighted by Gasteiger charge is -2.21. The highest BCUT2D eigenvalue weighted by Gasteiger charge is 2.30. The van der Waals surface area contributed by atoms with Crippen LogP contribution >= 0.6 is 0 Å². The standard InChI is InChI=1S/C23H23F4N3O3/c1-32-10-9-28-22(31)20-15-33-21(29-20)14-30(12-16-5-7-19(24)8-6-16)13-17-3-2-4-18(11-17)23(25,26)27/h2-8,11,15H,9-10,12-14H2,1H3,(H,28,31). The lowest BCUT2D eigenvalue weighted by atomic mass is 10.1. The topological polar surface area (TPSA) is 67.6 Å². The van der Waals surface area contributed by atoms with Gasteiger partial charge in [-0.05, 0) is 29.3 Å². The summed E-state index contributed by atoms with van der Waals surface area (Å²) in [6, 6.07) is 10.9. The van der Waals surface area contributed by atoms with Crippen molar-refractivity contribution >= 4 is 5.91 Å². The number of nitrogens with zero attached hydrogens (tertiary/aromatic N) is 2. The lowest BCUT2D eigenvalue weighted by molar-refractivity contribution is -0.137. The molecule has 0 aliphatic carbocycles. The summed E-state index contributed by atoms with van der Waals surface area (Å²) in [6.07, 6.45) is -3.23. The maximum Gasteiger partial charge on any atom is 0.416 e. The van der Waals surface area contributed by atoms with Crippen molar-refractivity contribution in [3.63, 3.8) is 0 Å². The molecule has 2 aromatic carbocycles. The number of benzene rings is 2. The number of methoxy groups -OCH3 is 1. The van der Waals surface area contributed by atoms with Crippen LogP contribution < -0.4 is 5.32 Å². The highest BCUT2D eigenvalue weighted by molar-refractivity contribution is 5.91. The van der Waals surface area contributed by atoms with Gasteiger partial charge in [0.25, 0.3) is 5.91 Å². The average Bonchev–Trinajstić information content (AvgIpc) is 3.23. The fourth-order valence-corrected chi connectivity index (χ4v) is 3.16. The van der Waals surface area contributed by atoms with E-state index < -0.39 is 17.6 Å². The predicted octanol–water partition coefficient (Wildman–Crippen LogP) is 4.41. The van der Waals surface area contributed by atoms with Gasteiger partial charge in [0.15, 0.2) is 5.69 Å². The van der Waals surface area contributed by atoms with Crippen molar-refractivity contribution in [2.75, 3.05) is 20.3 Å². The molecule has 3 rings (SSSR count). The Labute approximate surface area is 188 Å². The van der Waals surface area contributed by atoms with E-state index in [0.717, 1.165) is 17.7 Å². The maximum atomic E-state index is 13.3. The number of oxazole rings is 1. The number of alkyl halides is 3. The number of amides is 1. The number of rotatable bonds is 10. The zero-order chi connectivity index (χ0) is 23.8. The Bertz CT molecular complexity index is 1050. The van der Waals surface area contributed by atoms with Gasteiger partial charge in [0, 0.05) is 26.7 Å². The Kier molecular flexibility index (Phi) is 8.18. The number of halogens is 4. The molecular formula is C23H23F4N3O3. The molecule has 1 heterocycles. The van der Waals surface area contributed by atoms with Crippen LogP contribution in [0.1, 0.15) is 33.1 Å². The number of hydrogen-bond acceptors (Lipinski definition) is 5. The molecule has 0 bridgehead atoms. The Morgan fingerprint density at radius 2 is 1.82 bits per heavy atom. The van der Waals surface area contributed by atoms with Gasteiger partial charge in [-0.2, -0.15) is 13.2 Å². The van der Waals surface area contributed by atoms with Gasteiger partial charge >= 0.3 is 6.18 Å². The van der Waals surface area contributed by atoms with Crippen molar-refractivity contribution in [3.05, 3.63) is 88.9 Å². The van der Waals surface area contributed by atoms with Crippen LogP contribution in [0.25, 0.3) is 0 Å². The monoisotopic (exact) mass is 465 g/mol. The summed E-state index contributed by atoms with van der Waals surface area (Å²) in [6.45, 7) is 1.23. The molecular weight excluding hydrogens is 442 g/mol. The third kappa shape index (κ3) is 7.40. The molecule has 0 atom stereocenters. The largest absolute Gasteiger partial charge is 0.447 e. The first kappa shape index (κ1) is 24.4. The maximum absolute atomic E-state index is 13.3. The molecule has 0 saturated carbocycles. The number of carbonyl (C=O) groups excluding carboxylic acids is 1. The van der Waals surface area contributed by atoms with Gasteiger partial charge in [-0.15, -0.1) is 0 Å². The summed E-state index contributed by atoms with van der Waals surface area (Å²) in [5.74, 6) is -0.592. The molecule has 1 aromatic heterocycles. The molecule has 0 saturated heterocycles. The van der Waals surface area contributed by atoms with Crippen LogP contribution in [0, 0.1) is 5.82 Å². The second kappa shape index (κ2) is 11.1. The fraction of sp³-hybridized carbons (Fsp3) is 0.304. The minimum atomic E-state index is -4.45. The number of hydrogen-bond donors (Lipinski definition) is 1. The summed E-state index contributed by atoms with van der Waals surface area (Å²) >= 11 is 0. The van der Waals surface area contributed by atoms with E-state index in [0.29, 0.717) is 25.3 Å². The molecule has 0 spiro atoms. The van der Waals surface area contributed by atoms with Crippen molar-refractivity contribution in [2.24, 2.45) is 0 Å². The first-order chi connectivity index (χ1) is 15.7. The van der Waals surface area contributed by atoms with E-state index in [2.05, 4.69) is 10.3 Å². The van der Waals surface area contributed by atoms with Crippen molar-refractivity contribution in [1.29, 1.82) is 0 Å². The highest BCUT2D eigenvalue weighted by Crippen LogP contribution is 2.30. The van der Waals surface area contributed by atoms with Crippen LogP contribution in [0.4, 0.5) is 17.6 Å². The molecule has 10 heteroatoms. The van der Waals surface area contributed by atoms with Crippen molar-refractivity contribution in [2.45, 2.75) is 25.8 Å². The van der Waals surface area contributed by atoms with E-state index in [1.807, 2.05) is 0 Å².